The minimum Gasteiger partial charge on any atom is -0.325 e. The Hall–Kier alpha value is -2.81. The minimum absolute atomic E-state index is 0.0964. The number of hydrogen-bond donors (Lipinski definition) is 1. The number of amides is 1. The smallest absolute Gasteiger partial charge is 0.325 e. The number of hydrogen-bond acceptors (Lipinski definition) is 4. The van der Waals surface area contributed by atoms with E-state index in [4.69, 9.17) is 0 Å². The molecule has 146 valence electrons. The molecule has 1 heterocycles. The fraction of sp³-hybridized carbons (Fsp3) is 0.211. The number of aryl methyl sites for hydroxylation is 1. The predicted molar refractivity (Wildman–Crippen MR) is 102 cm³/mol. The van der Waals surface area contributed by atoms with Crippen LogP contribution in [0.4, 0.5) is 18.9 Å². The zero-order valence-corrected chi connectivity index (χ0v) is 15.7. The second-order valence-electron chi connectivity index (χ2n) is 5.80. The van der Waals surface area contributed by atoms with Crippen LogP contribution in [0.1, 0.15) is 18.3 Å². The Morgan fingerprint density at radius 3 is 2.43 bits per heavy atom. The first-order chi connectivity index (χ1) is 13.4. The second kappa shape index (κ2) is 8.47. The quantitative estimate of drug-likeness (QED) is 0.609. The van der Waals surface area contributed by atoms with Crippen LogP contribution in [0.15, 0.2) is 59.8 Å². The third-order valence-electron chi connectivity index (χ3n) is 3.87. The average Bonchev–Trinajstić information content (AvgIpc) is 3.09. The van der Waals surface area contributed by atoms with E-state index in [-0.39, 0.29) is 11.4 Å². The van der Waals surface area contributed by atoms with Gasteiger partial charge in [0.1, 0.15) is 5.82 Å². The van der Waals surface area contributed by atoms with Crippen LogP contribution in [0.2, 0.25) is 0 Å². The van der Waals surface area contributed by atoms with Gasteiger partial charge in [-0.2, -0.15) is 13.2 Å². The van der Waals surface area contributed by atoms with Crippen molar-refractivity contribution in [3.8, 4) is 5.69 Å². The number of rotatable bonds is 6. The normalized spacial score (nSPS) is 11.4. The highest BCUT2D eigenvalue weighted by Gasteiger charge is 2.33. The van der Waals surface area contributed by atoms with Gasteiger partial charge in [-0.3, -0.25) is 9.36 Å². The van der Waals surface area contributed by atoms with Crippen LogP contribution in [0.3, 0.4) is 0 Å². The summed E-state index contributed by atoms with van der Waals surface area (Å²) < 4.78 is 41.0. The molecule has 0 saturated carbocycles. The molecule has 0 spiro atoms. The first-order valence-corrected chi connectivity index (χ1v) is 9.47. The molecule has 1 N–H and O–H groups in total. The number of carbonyl (C=O) groups excluding carboxylic acids is 1. The molecule has 0 radical (unpaired) electrons. The maximum absolute atomic E-state index is 13.1. The third-order valence-corrected chi connectivity index (χ3v) is 4.80. The molecule has 0 atom stereocenters. The van der Waals surface area contributed by atoms with Crippen molar-refractivity contribution in [1.29, 1.82) is 0 Å². The van der Waals surface area contributed by atoms with Gasteiger partial charge in [0.25, 0.3) is 0 Å². The number of alkyl halides is 3. The van der Waals surface area contributed by atoms with E-state index in [0.717, 1.165) is 29.3 Å². The number of halogens is 3. The molecule has 0 aliphatic carbocycles. The van der Waals surface area contributed by atoms with Crippen molar-refractivity contribution < 1.29 is 18.0 Å². The average molecular weight is 406 g/mol. The Morgan fingerprint density at radius 2 is 1.75 bits per heavy atom. The number of nitrogens with zero attached hydrogens (tertiary/aromatic N) is 3. The highest BCUT2D eigenvalue weighted by Crippen LogP contribution is 2.34. The van der Waals surface area contributed by atoms with E-state index in [2.05, 4.69) is 15.5 Å². The van der Waals surface area contributed by atoms with Crippen LogP contribution in [-0.4, -0.2) is 26.4 Å². The maximum atomic E-state index is 13.1. The van der Waals surface area contributed by atoms with Gasteiger partial charge in [-0.05, 0) is 24.3 Å². The number of anilines is 1. The van der Waals surface area contributed by atoms with Gasteiger partial charge < -0.3 is 5.32 Å². The van der Waals surface area contributed by atoms with E-state index in [1.807, 2.05) is 41.8 Å². The molecule has 0 aliphatic rings. The molecular formula is C19H17F3N4OS. The van der Waals surface area contributed by atoms with Crippen LogP contribution in [-0.2, 0) is 17.4 Å². The van der Waals surface area contributed by atoms with Crippen molar-refractivity contribution >= 4 is 23.4 Å². The lowest BCUT2D eigenvalue weighted by Gasteiger charge is -2.13. The molecule has 0 bridgehead atoms. The molecule has 0 saturated heterocycles. The summed E-state index contributed by atoms with van der Waals surface area (Å²) in [6, 6.07) is 14.3. The summed E-state index contributed by atoms with van der Waals surface area (Å²) in [5, 5.41) is 11.1. The molecule has 1 aromatic heterocycles. The predicted octanol–water partition coefficient (Wildman–Crippen LogP) is 4.58. The van der Waals surface area contributed by atoms with Crippen molar-refractivity contribution in [3.63, 3.8) is 0 Å². The van der Waals surface area contributed by atoms with Gasteiger partial charge in [-0.15, -0.1) is 10.2 Å². The Bertz CT molecular complexity index is 957. The van der Waals surface area contributed by atoms with Crippen LogP contribution in [0, 0.1) is 0 Å². The standard InChI is InChI=1S/C19H17F3N4OS/c1-2-16-24-25-18(26(16)13-8-4-3-5-9-13)28-12-17(27)23-15-11-7-6-10-14(15)19(20,21)22/h3-11H,2,12H2,1H3,(H,23,27). The molecule has 9 heteroatoms. The molecule has 3 aromatic rings. The highest BCUT2D eigenvalue weighted by molar-refractivity contribution is 7.99. The molecule has 0 aliphatic heterocycles. The van der Waals surface area contributed by atoms with Gasteiger partial charge in [0.2, 0.25) is 5.91 Å². The first-order valence-electron chi connectivity index (χ1n) is 8.48. The Labute approximate surface area is 164 Å². The lowest BCUT2D eigenvalue weighted by Crippen LogP contribution is -2.18. The fourth-order valence-corrected chi connectivity index (χ4v) is 3.39. The van der Waals surface area contributed by atoms with Crippen molar-refractivity contribution in [2.45, 2.75) is 24.7 Å². The Morgan fingerprint density at radius 1 is 1.07 bits per heavy atom. The first kappa shape index (κ1) is 19.9. The molecule has 0 fully saturated rings. The van der Waals surface area contributed by atoms with Gasteiger partial charge in [0, 0.05) is 12.1 Å². The van der Waals surface area contributed by atoms with E-state index < -0.39 is 17.6 Å². The lowest BCUT2D eigenvalue weighted by atomic mass is 10.1. The lowest BCUT2D eigenvalue weighted by molar-refractivity contribution is -0.137. The summed E-state index contributed by atoms with van der Waals surface area (Å²) in [6.07, 6.45) is -3.89. The van der Waals surface area contributed by atoms with Crippen molar-refractivity contribution in [1.82, 2.24) is 14.8 Å². The van der Waals surface area contributed by atoms with E-state index in [1.54, 1.807) is 0 Å². The molecule has 28 heavy (non-hydrogen) atoms. The zero-order chi connectivity index (χ0) is 20.1. The summed E-state index contributed by atoms with van der Waals surface area (Å²) in [7, 11) is 0. The Balaban J connectivity index is 1.74. The van der Waals surface area contributed by atoms with Crippen molar-refractivity contribution in [3.05, 3.63) is 66.0 Å². The molecule has 5 nitrogen and oxygen atoms in total. The van der Waals surface area contributed by atoms with E-state index >= 15 is 0 Å². The van der Waals surface area contributed by atoms with Crippen LogP contribution in [0.5, 0.6) is 0 Å². The summed E-state index contributed by atoms with van der Waals surface area (Å²) in [5.41, 5.74) is -0.289. The highest BCUT2D eigenvalue weighted by atomic mass is 32.2. The van der Waals surface area contributed by atoms with E-state index in [9.17, 15) is 18.0 Å². The molecule has 3 rings (SSSR count). The monoisotopic (exact) mass is 406 g/mol. The second-order valence-corrected chi connectivity index (χ2v) is 6.75. The van der Waals surface area contributed by atoms with Gasteiger partial charge >= 0.3 is 6.18 Å². The van der Waals surface area contributed by atoms with E-state index in [1.165, 1.54) is 18.2 Å². The molecule has 1 amide bonds. The van der Waals surface area contributed by atoms with Gasteiger partial charge in [-0.25, -0.2) is 0 Å². The number of aromatic nitrogens is 3. The summed E-state index contributed by atoms with van der Waals surface area (Å²) in [6.45, 7) is 1.94. The number of thioether (sulfide) groups is 1. The minimum atomic E-state index is -4.54. The Kier molecular flexibility index (Phi) is 6.03. The fourth-order valence-electron chi connectivity index (χ4n) is 2.61. The number of para-hydroxylation sites is 2. The molecule has 2 aromatic carbocycles. The molecular weight excluding hydrogens is 389 g/mol. The van der Waals surface area contributed by atoms with Crippen molar-refractivity contribution in [2.24, 2.45) is 0 Å². The van der Waals surface area contributed by atoms with Crippen LogP contribution < -0.4 is 5.32 Å². The zero-order valence-electron chi connectivity index (χ0n) is 14.9. The number of carbonyl (C=O) groups is 1. The maximum Gasteiger partial charge on any atom is 0.418 e. The van der Waals surface area contributed by atoms with Crippen molar-refractivity contribution in [2.75, 3.05) is 11.1 Å². The largest absolute Gasteiger partial charge is 0.418 e. The van der Waals surface area contributed by atoms with Crippen LogP contribution in [0.25, 0.3) is 5.69 Å². The molecule has 0 unspecified atom stereocenters. The van der Waals surface area contributed by atoms with Crippen LogP contribution >= 0.6 is 11.8 Å². The SMILES string of the molecule is CCc1nnc(SCC(=O)Nc2ccccc2C(F)(F)F)n1-c1ccccc1. The van der Waals surface area contributed by atoms with Gasteiger partial charge in [0.15, 0.2) is 5.16 Å². The number of benzene rings is 2. The summed E-state index contributed by atoms with van der Waals surface area (Å²) in [5.74, 6) is 0.0832. The number of nitrogens with one attached hydrogen (secondary N) is 1. The summed E-state index contributed by atoms with van der Waals surface area (Å²) in [4.78, 5) is 12.2. The van der Waals surface area contributed by atoms with Gasteiger partial charge in [-0.1, -0.05) is 49.0 Å². The third kappa shape index (κ3) is 4.53. The summed E-state index contributed by atoms with van der Waals surface area (Å²) >= 11 is 1.11. The topological polar surface area (TPSA) is 59.8 Å². The van der Waals surface area contributed by atoms with Gasteiger partial charge in [0.05, 0.1) is 17.0 Å². The van der Waals surface area contributed by atoms with E-state index in [0.29, 0.717) is 11.6 Å².